The predicted molar refractivity (Wildman–Crippen MR) is 73.1 cm³/mol. The van der Waals surface area contributed by atoms with Gasteiger partial charge in [-0.2, -0.15) is 0 Å². The number of benzene rings is 1. The lowest BCUT2D eigenvalue weighted by Gasteiger charge is -2.19. The SMILES string of the molecule is CC(C)(C)OC(=O)CCNc1ccc(Br)cc1. The molecule has 0 saturated heterocycles. The summed E-state index contributed by atoms with van der Waals surface area (Å²) in [6.07, 6.45) is 0.368. The summed E-state index contributed by atoms with van der Waals surface area (Å²) >= 11 is 3.37. The molecule has 1 aromatic rings. The highest BCUT2D eigenvalue weighted by Gasteiger charge is 2.15. The van der Waals surface area contributed by atoms with Gasteiger partial charge in [0.2, 0.25) is 0 Å². The molecular formula is C13H18BrNO2. The molecule has 17 heavy (non-hydrogen) atoms. The Morgan fingerprint density at radius 2 is 1.88 bits per heavy atom. The Morgan fingerprint density at radius 3 is 2.41 bits per heavy atom. The third-order valence-corrected chi connectivity index (χ3v) is 2.45. The van der Waals surface area contributed by atoms with Crippen LogP contribution in [0, 0.1) is 0 Å². The second kappa shape index (κ2) is 6.05. The van der Waals surface area contributed by atoms with E-state index in [2.05, 4.69) is 21.2 Å². The highest BCUT2D eigenvalue weighted by molar-refractivity contribution is 9.10. The van der Waals surface area contributed by atoms with Crippen LogP contribution < -0.4 is 5.32 Å². The minimum absolute atomic E-state index is 0.179. The number of anilines is 1. The van der Waals surface area contributed by atoms with Crippen LogP contribution in [0.5, 0.6) is 0 Å². The number of carbonyl (C=O) groups is 1. The van der Waals surface area contributed by atoms with E-state index >= 15 is 0 Å². The summed E-state index contributed by atoms with van der Waals surface area (Å²) in [5.74, 6) is -0.179. The van der Waals surface area contributed by atoms with E-state index in [-0.39, 0.29) is 5.97 Å². The standard InChI is InChI=1S/C13H18BrNO2/c1-13(2,3)17-12(16)8-9-15-11-6-4-10(14)5-7-11/h4-7,15H,8-9H2,1-3H3. The van der Waals surface area contributed by atoms with Gasteiger partial charge in [0.05, 0.1) is 6.42 Å². The van der Waals surface area contributed by atoms with Gasteiger partial charge in [-0.3, -0.25) is 4.79 Å². The Kier molecular flexibility index (Phi) is 5.00. The number of ether oxygens (including phenoxy) is 1. The van der Waals surface area contributed by atoms with Crippen molar-refractivity contribution in [2.24, 2.45) is 0 Å². The molecule has 0 bridgehead atoms. The Balaban J connectivity index is 2.28. The Hall–Kier alpha value is -1.03. The molecule has 94 valence electrons. The number of halogens is 1. The van der Waals surface area contributed by atoms with Crippen LogP contribution in [-0.4, -0.2) is 18.1 Å². The summed E-state index contributed by atoms with van der Waals surface area (Å²) < 4.78 is 6.25. The van der Waals surface area contributed by atoms with Gasteiger partial charge in [-0.05, 0) is 45.0 Å². The lowest BCUT2D eigenvalue weighted by molar-refractivity contribution is -0.154. The zero-order valence-corrected chi connectivity index (χ0v) is 12.0. The number of nitrogens with one attached hydrogen (secondary N) is 1. The van der Waals surface area contributed by atoms with E-state index in [1.54, 1.807) is 0 Å². The van der Waals surface area contributed by atoms with Gasteiger partial charge in [0, 0.05) is 16.7 Å². The minimum atomic E-state index is -0.408. The van der Waals surface area contributed by atoms with Crippen LogP contribution in [0.3, 0.4) is 0 Å². The molecule has 0 aromatic heterocycles. The number of hydrogen-bond acceptors (Lipinski definition) is 3. The highest BCUT2D eigenvalue weighted by Crippen LogP contribution is 2.14. The molecule has 0 spiro atoms. The number of esters is 1. The summed E-state index contributed by atoms with van der Waals surface area (Å²) in [7, 11) is 0. The molecule has 1 rings (SSSR count). The van der Waals surface area contributed by atoms with Gasteiger partial charge < -0.3 is 10.1 Å². The van der Waals surface area contributed by atoms with Gasteiger partial charge in [-0.15, -0.1) is 0 Å². The summed E-state index contributed by atoms with van der Waals surface area (Å²) in [6.45, 7) is 6.18. The Morgan fingerprint density at radius 1 is 1.29 bits per heavy atom. The Labute approximate surface area is 111 Å². The third kappa shape index (κ3) is 6.31. The van der Waals surface area contributed by atoms with Crippen molar-refractivity contribution < 1.29 is 9.53 Å². The van der Waals surface area contributed by atoms with E-state index in [0.29, 0.717) is 13.0 Å². The van der Waals surface area contributed by atoms with Crippen molar-refractivity contribution >= 4 is 27.6 Å². The summed E-state index contributed by atoms with van der Waals surface area (Å²) in [4.78, 5) is 11.4. The average Bonchev–Trinajstić information content (AvgIpc) is 2.18. The van der Waals surface area contributed by atoms with Crippen LogP contribution in [0.1, 0.15) is 27.2 Å². The first-order chi connectivity index (χ1) is 7.87. The molecular weight excluding hydrogens is 282 g/mol. The minimum Gasteiger partial charge on any atom is -0.460 e. The van der Waals surface area contributed by atoms with Gasteiger partial charge in [0.25, 0.3) is 0 Å². The average molecular weight is 300 g/mol. The highest BCUT2D eigenvalue weighted by atomic mass is 79.9. The van der Waals surface area contributed by atoms with Crippen molar-refractivity contribution in [1.82, 2.24) is 0 Å². The zero-order valence-electron chi connectivity index (χ0n) is 10.4. The lowest BCUT2D eigenvalue weighted by Crippen LogP contribution is -2.25. The molecule has 0 saturated carbocycles. The Bertz CT molecular complexity index is 368. The van der Waals surface area contributed by atoms with Crippen LogP contribution in [-0.2, 0) is 9.53 Å². The maximum absolute atomic E-state index is 11.4. The van der Waals surface area contributed by atoms with Gasteiger partial charge in [0.15, 0.2) is 0 Å². The largest absolute Gasteiger partial charge is 0.460 e. The molecule has 0 aliphatic carbocycles. The summed E-state index contributed by atoms with van der Waals surface area (Å²) in [5.41, 5.74) is 0.589. The van der Waals surface area contributed by atoms with E-state index < -0.39 is 5.60 Å². The van der Waals surface area contributed by atoms with Crippen LogP contribution in [0.15, 0.2) is 28.7 Å². The first-order valence-electron chi connectivity index (χ1n) is 5.58. The normalized spacial score (nSPS) is 11.1. The van der Waals surface area contributed by atoms with Crippen molar-refractivity contribution in [3.8, 4) is 0 Å². The third-order valence-electron chi connectivity index (χ3n) is 1.92. The van der Waals surface area contributed by atoms with Crippen molar-refractivity contribution in [3.05, 3.63) is 28.7 Å². The second-order valence-corrected chi connectivity index (χ2v) is 5.69. The lowest BCUT2D eigenvalue weighted by atomic mass is 10.2. The van der Waals surface area contributed by atoms with Gasteiger partial charge in [-0.25, -0.2) is 0 Å². The molecule has 0 radical (unpaired) electrons. The van der Waals surface area contributed by atoms with Crippen LogP contribution in [0.4, 0.5) is 5.69 Å². The molecule has 0 fully saturated rings. The molecule has 4 heteroatoms. The number of carbonyl (C=O) groups excluding carboxylic acids is 1. The van der Waals surface area contributed by atoms with E-state index in [9.17, 15) is 4.79 Å². The van der Waals surface area contributed by atoms with Crippen molar-refractivity contribution in [1.29, 1.82) is 0 Å². The van der Waals surface area contributed by atoms with E-state index in [4.69, 9.17) is 4.74 Å². The molecule has 0 heterocycles. The maximum atomic E-state index is 11.4. The second-order valence-electron chi connectivity index (χ2n) is 4.77. The number of hydrogen-bond donors (Lipinski definition) is 1. The molecule has 0 amide bonds. The fourth-order valence-corrected chi connectivity index (χ4v) is 1.53. The van der Waals surface area contributed by atoms with Crippen LogP contribution in [0.2, 0.25) is 0 Å². The van der Waals surface area contributed by atoms with Crippen molar-refractivity contribution in [2.75, 3.05) is 11.9 Å². The van der Waals surface area contributed by atoms with E-state index in [1.807, 2.05) is 45.0 Å². The van der Waals surface area contributed by atoms with Crippen LogP contribution in [0.25, 0.3) is 0 Å². The topological polar surface area (TPSA) is 38.3 Å². The predicted octanol–water partition coefficient (Wildman–Crippen LogP) is 3.59. The molecule has 0 aliphatic heterocycles. The summed E-state index contributed by atoms with van der Waals surface area (Å²) in [5, 5.41) is 3.17. The fraction of sp³-hybridized carbons (Fsp3) is 0.462. The molecule has 0 aliphatic rings. The van der Waals surface area contributed by atoms with Gasteiger partial charge in [-0.1, -0.05) is 15.9 Å². The monoisotopic (exact) mass is 299 g/mol. The van der Waals surface area contributed by atoms with Gasteiger partial charge in [0.1, 0.15) is 5.60 Å². The first-order valence-corrected chi connectivity index (χ1v) is 6.37. The van der Waals surface area contributed by atoms with Crippen molar-refractivity contribution in [3.63, 3.8) is 0 Å². The zero-order chi connectivity index (χ0) is 12.9. The number of rotatable bonds is 4. The van der Waals surface area contributed by atoms with Crippen molar-refractivity contribution in [2.45, 2.75) is 32.8 Å². The maximum Gasteiger partial charge on any atom is 0.308 e. The molecule has 0 unspecified atom stereocenters. The van der Waals surface area contributed by atoms with Gasteiger partial charge >= 0.3 is 5.97 Å². The van der Waals surface area contributed by atoms with E-state index in [0.717, 1.165) is 10.2 Å². The van der Waals surface area contributed by atoms with Crippen LogP contribution >= 0.6 is 15.9 Å². The quantitative estimate of drug-likeness (QED) is 0.864. The molecule has 1 N–H and O–H groups in total. The smallest absolute Gasteiger partial charge is 0.308 e. The molecule has 0 atom stereocenters. The fourth-order valence-electron chi connectivity index (χ4n) is 1.27. The molecule has 3 nitrogen and oxygen atoms in total. The first kappa shape index (κ1) is 14.0. The summed E-state index contributed by atoms with van der Waals surface area (Å²) in [6, 6.07) is 7.82. The molecule has 1 aromatic carbocycles. The van der Waals surface area contributed by atoms with E-state index in [1.165, 1.54) is 0 Å².